The van der Waals surface area contributed by atoms with Crippen LogP contribution < -0.4 is 5.73 Å². The molecule has 2 N–H and O–H groups in total. The van der Waals surface area contributed by atoms with E-state index in [4.69, 9.17) is 5.73 Å². The SMILES string of the molecule is COC(=O)c1cc2n(n1)CCC[C@H]2N. The van der Waals surface area contributed by atoms with Gasteiger partial charge in [-0.3, -0.25) is 4.68 Å². The molecule has 76 valence electrons. The minimum absolute atomic E-state index is 0.00495. The van der Waals surface area contributed by atoms with Crippen molar-refractivity contribution in [3.63, 3.8) is 0 Å². The Morgan fingerprint density at radius 3 is 3.21 bits per heavy atom. The number of aromatic nitrogens is 2. The predicted molar refractivity (Wildman–Crippen MR) is 49.7 cm³/mol. The van der Waals surface area contributed by atoms with E-state index in [1.807, 2.05) is 0 Å². The van der Waals surface area contributed by atoms with Crippen LogP contribution >= 0.6 is 0 Å². The topological polar surface area (TPSA) is 70.1 Å². The van der Waals surface area contributed by atoms with Gasteiger partial charge < -0.3 is 10.5 Å². The van der Waals surface area contributed by atoms with Gasteiger partial charge in [-0.05, 0) is 18.9 Å². The highest BCUT2D eigenvalue weighted by Crippen LogP contribution is 2.23. The maximum atomic E-state index is 11.2. The lowest BCUT2D eigenvalue weighted by Crippen LogP contribution is -2.21. The lowest BCUT2D eigenvalue weighted by Gasteiger charge is -2.19. The largest absolute Gasteiger partial charge is 0.464 e. The number of nitrogens with two attached hydrogens (primary N) is 1. The molecule has 0 spiro atoms. The lowest BCUT2D eigenvalue weighted by molar-refractivity contribution is 0.0593. The molecule has 0 saturated carbocycles. The first kappa shape index (κ1) is 9.21. The van der Waals surface area contributed by atoms with E-state index < -0.39 is 5.97 Å². The first-order chi connectivity index (χ1) is 6.72. The van der Waals surface area contributed by atoms with Gasteiger partial charge in [-0.2, -0.15) is 5.10 Å². The molecule has 1 aromatic heterocycles. The van der Waals surface area contributed by atoms with Crippen LogP contribution in [0.1, 0.15) is 35.1 Å². The third kappa shape index (κ3) is 1.39. The quantitative estimate of drug-likeness (QED) is 0.661. The van der Waals surface area contributed by atoms with Crippen molar-refractivity contribution in [1.29, 1.82) is 0 Å². The van der Waals surface area contributed by atoms with E-state index in [1.165, 1.54) is 7.11 Å². The van der Waals surface area contributed by atoms with Crippen molar-refractivity contribution in [3.8, 4) is 0 Å². The molecule has 0 fully saturated rings. The first-order valence-electron chi connectivity index (χ1n) is 4.64. The van der Waals surface area contributed by atoms with Gasteiger partial charge in [-0.25, -0.2) is 4.79 Å². The van der Waals surface area contributed by atoms with E-state index in [0.717, 1.165) is 25.1 Å². The summed E-state index contributed by atoms with van der Waals surface area (Å²) in [6.07, 6.45) is 1.96. The molecule has 2 rings (SSSR count). The summed E-state index contributed by atoms with van der Waals surface area (Å²) in [5.74, 6) is -0.404. The van der Waals surface area contributed by atoms with Crippen molar-refractivity contribution >= 4 is 5.97 Å². The molecule has 1 aromatic rings. The van der Waals surface area contributed by atoms with E-state index in [-0.39, 0.29) is 6.04 Å². The Balaban J connectivity index is 2.35. The molecule has 0 amide bonds. The second-order valence-electron chi connectivity index (χ2n) is 3.42. The Hall–Kier alpha value is -1.36. The van der Waals surface area contributed by atoms with E-state index in [0.29, 0.717) is 5.69 Å². The predicted octanol–water partition coefficient (Wildman–Crippen LogP) is 0.463. The molecular weight excluding hydrogens is 182 g/mol. The highest BCUT2D eigenvalue weighted by molar-refractivity contribution is 5.87. The molecule has 0 radical (unpaired) electrons. The molecule has 5 heteroatoms. The molecule has 1 aliphatic heterocycles. The fourth-order valence-corrected chi connectivity index (χ4v) is 1.72. The third-order valence-electron chi connectivity index (χ3n) is 2.47. The van der Waals surface area contributed by atoms with Crippen molar-refractivity contribution in [2.24, 2.45) is 5.73 Å². The first-order valence-corrected chi connectivity index (χ1v) is 4.64. The Bertz CT molecular complexity index is 359. The zero-order valence-electron chi connectivity index (χ0n) is 8.06. The Morgan fingerprint density at radius 2 is 2.57 bits per heavy atom. The van der Waals surface area contributed by atoms with Crippen LogP contribution in [0.3, 0.4) is 0 Å². The smallest absolute Gasteiger partial charge is 0.358 e. The molecule has 0 bridgehead atoms. The number of esters is 1. The van der Waals surface area contributed by atoms with Gasteiger partial charge in [-0.1, -0.05) is 0 Å². The van der Waals surface area contributed by atoms with Gasteiger partial charge in [0.2, 0.25) is 0 Å². The molecule has 0 aromatic carbocycles. The third-order valence-corrected chi connectivity index (χ3v) is 2.47. The number of methoxy groups -OCH3 is 1. The summed E-state index contributed by atoms with van der Waals surface area (Å²) < 4.78 is 6.39. The van der Waals surface area contributed by atoms with E-state index in [1.54, 1.807) is 10.7 Å². The average molecular weight is 195 g/mol. The number of hydrogen-bond donors (Lipinski definition) is 1. The summed E-state index contributed by atoms with van der Waals surface area (Å²) in [6, 6.07) is 1.71. The summed E-state index contributed by atoms with van der Waals surface area (Å²) in [4.78, 5) is 11.2. The highest BCUT2D eigenvalue weighted by Gasteiger charge is 2.21. The molecule has 0 unspecified atom stereocenters. The van der Waals surface area contributed by atoms with Crippen LogP contribution in [0.25, 0.3) is 0 Å². The number of hydrogen-bond acceptors (Lipinski definition) is 4. The van der Waals surface area contributed by atoms with Gasteiger partial charge in [-0.15, -0.1) is 0 Å². The molecule has 2 heterocycles. The van der Waals surface area contributed by atoms with Gasteiger partial charge in [0.05, 0.1) is 12.8 Å². The van der Waals surface area contributed by atoms with E-state index in [2.05, 4.69) is 9.84 Å². The van der Waals surface area contributed by atoms with E-state index in [9.17, 15) is 4.79 Å². The zero-order valence-corrected chi connectivity index (χ0v) is 8.06. The van der Waals surface area contributed by atoms with Crippen LogP contribution in [0.5, 0.6) is 0 Å². The highest BCUT2D eigenvalue weighted by atomic mass is 16.5. The standard InChI is InChI=1S/C9H13N3O2/c1-14-9(13)7-5-8-6(10)3-2-4-12(8)11-7/h5-6H,2-4,10H2,1H3/t6-/m1/s1. The van der Waals surface area contributed by atoms with Crippen LogP contribution in [-0.4, -0.2) is 22.9 Å². The van der Waals surface area contributed by atoms with Gasteiger partial charge in [0.1, 0.15) is 0 Å². The summed E-state index contributed by atoms with van der Waals surface area (Å²) in [5, 5.41) is 4.13. The van der Waals surface area contributed by atoms with Crippen molar-refractivity contribution in [2.45, 2.75) is 25.4 Å². The summed E-state index contributed by atoms with van der Waals surface area (Å²) in [7, 11) is 1.35. The summed E-state index contributed by atoms with van der Waals surface area (Å²) >= 11 is 0. The number of carbonyl (C=O) groups excluding carboxylic acids is 1. The minimum atomic E-state index is -0.404. The molecule has 1 atom stereocenters. The summed E-state index contributed by atoms with van der Waals surface area (Å²) in [6.45, 7) is 0.833. The fraction of sp³-hybridized carbons (Fsp3) is 0.556. The monoisotopic (exact) mass is 195 g/mol. The maximum absolute atomic E-state index is 11.2. The number of nitrogens with zero attached hydrogens (tertiary/aromatic N) is 2. The molecule has 14 heavy (non-hydrogen) atoms. The number of ether oxygens (including phenoxy) is 1. The van der Waals surface area contributed by atoms with Gasteiger partial charge in [0.15, 0.2) is 5.69 Å². The summed E-state index contributed by atoms with van der Waals surface area (Å²) in [5.41, 5.74) is 7.16. The van der Waals surface area contributed by atoms with E-state index >= 15 is 0 Å². The Morgan fingerprint density at radius 1 is 1.79 bits per heavy atom. The molecule has 0 saturated heterocycles. The maximum Gasteiger partial charge on any atom is 0.358 e. The number of fused-ring (bicyclic) bond motifs is 1. The average Bonchev–Trinajstić information content (AvgIpc) is 2.62. The van der Waals surface area contributed by atoms with Gasteiger partial charge in [0, 0.05) is 12.6 Å². The normalized spacial score (nSPS) is 20.3. The number of rotatable bonds is 1. The number of aryl methyl sites for hydroxylation is 1. The van der Waals surface area contributed by atoms with Crippen molar-refractivity contribution < 1.29 is 9.53 Å². The zero-order chi connectivity index (χ0) is 10.1. The second-order valence-corrected chi connectivity index (χ2v) is 3.42. The Labute approximate surface area is 81.8 Å². The molecular formula is C9H13N3O2. The van der Waals surface area contributed by atoms with Gasteiger partial charge >= 0.3 is 5.97 Å². The fourth-order valence-electron chi connectivity index (χ4n) is 1.72. The van der Waals surface area contributed by atoms with Crippen molar-refractivity contribution in [1.82, 2.24) is 9.78 Å². The van der Waals surface area contributed by atoms with Crippen LogP contribution in [0, 0.1) is 0 Å². The van der Waals surface area contributed by atoms with Crippen LogP contribution in [-0.2, 0) is 11.3 Å². The molecule has 0 aliphatic carbocycles. The minimum Gasteiger partial charge on any atom is -0.464 e. The molecule has 5 nitrogen and oxygen atoms in total. The lowest BCUT2D eigenvalue weighted by atomic mass is 10.1. The van der Waals surface area contributed by atoms with Gasteiger partial charge in [0.25, 0.3) is 0 Å². The van der Waals surface area contributed by atoms with Crippen molar-refractivity contribution in [3.05, 3.63) is 17.5 Å². The van der Waals surface area contributed by atoms with Crippen molar-refractivity contribution in [2.75, 3.05) is 7.11 Å². The van der Waals surface area contributed by atoms with Crippen LogP contribution in [0.2, 0.25) is 0 Å². The number of carbonyl (C=O) groups is 1. The Kier molecular flexibility index (Phi) is 2.25. The van der Waals surface area contributed by atoms with Crippen LogP contribution in [0.4, 0.5) is 0 Å². The molecule has 1 aliphatic rings. The van der Waals surface area contributed by atoms with Crippen LogP contribution in [0.15, 0.2) is 6.07 Å². The second kappa shape index (κ2) is 3.42.